The van der Waals surface area contributed by atoms with Crippen LogP contribution in [0.3, 0.4) is 0 Å². The molecule has 0 aliphatic carbocycles. The minimum Gasteiger partial charge on any atom is -0.322 e. The Morgan fingerprint density at radius 1 is 1.04 bits per heavy atom. The van der Waals surface area contributed by atoms with Crippen molar-refractivity contribution >= 4 is 44.8 Å². The van der Waals surface area contributed by atoms with Gasteiger partial charge in [-0.3, -0.25) is 4.79 Å². The molecule has 24 heavy (non-hydrogen) atoms. The van der Waals surface area contributed by atoms with E-state index >= 15 is 0 Å². The number of hydrogen-bond acceptors (Lipinski definition) is 3. The second kappa shape index (κ2) is 7.53. The van der Waals surface area contributed by atoms with Crippen LogP contribution in [0.15, 0.2) is 47.4 Å². The predicted molar refractivity (Wildman–Crippen MR) is 96.3 cm³/mol. The Labute approximate surface area is 151 Å². The van der Waals surface area contributed by atoms with Crippen LogP contribution in [0.4, 0.5) is 5.69 Å². The van der Waals surface area contributed by atoms with Gasteiger partial charge in [0.2, 0.25) is 10.0 Å². The van der Waals surface area contributed by atoms with Crippen LogP contribution in [-0.2, 0) is 10.0 Å². The van der Waals surface area contributed by atoms with Gasteiger partial charge in [0.1, 0.15) is 0 Å². The fraction of sp³-hybridized carbons (Fsp3) is 0.188. The van der Waals surface area contributed by atoms with Gasteiger partial charge in [0.05, 0.1) is 4.90 Å². The monoisotopic (exact) mass is 386 g/mol. The first kappa shape index (κ1) is 18.7. The molecular weight excluding hydrogens is 371 g/mol. The molecule has 0 aliphatic heterocycles. The largest absolute Gasteiger partial charge is 0.322 e. The summed E-state index contributed by atoms with van der Waals surface area (Å²) in [6.07, 6.45) is 0. The Morgan fingerprint density at radius 3 is 2.25 bits per heavy atom. The molecule has 5 nitrogen and oxygen atoms in total. The third-order valence-corrected chi connectivity index (χ3v) is 5.01. The first-order valence-electron chi connectivity index (χ1n) is 7.07. The van der Waals surface area contributed by atoms with Gasteiger partial charge in [0.15, 0.2) is 0 Å². The minimum absolute atomic E-state index is 0.0213. The first-order chi connectivity index (χ1) is 11.2. The number of carbonyl (C=O) groups is 1. The summed E-state index contributed by atoms with van der Waals surface area (Å²) in [5, 5.41) is 3.41. The van der Waals surface area contributed by atoms with Crippen LogP contribution < -0.4 is 10.0 Å². The van der Waals surface area contributed by atoms with E-state index in [1.807, 2.05) is 0 Å². The highest BCUT2D eigenvalue weighted by Crippen LogP contribution is 2.23. The van der Waals surface area contributed by atoms with Crippen molar-refractivity contribution in [3.8, 4) is 0 Å². The highest BCUT2D eigenvalue weighted by Gasteiger charge is 2.17. The van der Waals surface area contributed by atoms with Crippen molar-refractivity contribution < 1.29 is 13.2 Å². The number of benzene rings is 2. The average molecular weight is 387 g/mol. The lowest BCUT2D eigenvalue weighted by Crippen LogP contribution is -2.30. The van der Waals surface area contributed by atoms with Gasteiger partial charge < -0.3 is 5.32 Å². The van der Waals surface area contributed by atoms with Crippen molar-refractivity contribution in [1.29, 1.82) is 0 Å². The van der Waals surface area contributed by atoms with Crippen LogP contribution in [0.25, 0.3) is 0 Å². The van der Waals surface area contributed by atoms with Crippen molar-refractivity contribution in [1.82, 2.24) is 4.72 Å². The van der Waals surface area contributed by atoms with Gasteiger partial charge in [-0.15, -0.1) is 0 Å². The second-order valence-electron chi connectivity index (χ2n) is 5.42. The zero-order valence-electron chi connectivity index (χ0n) is 13.0. The summed E-state index contributed by atoms with van der Waals surface area (Å²) in [4.78, 5) is 12.3. The average Bonchev–Trinajstić information content (AvgIpc) is 2.45. The lowest BCUT2D eigenvalue weighted by molar-refractivity contribution is 0.102. The lowest BCUT2D eigenvalue weighted by Gasteiger charge is -2.11. The molecule has 8 heteroatoms. The van der Waals surface area contributed by atoms with Crippen LogP contribution in [0.5, 0.6) is 0 Å². The first-order valence-corrected chi connectivity index (χ1v) is 9.31. The Hall–Kier alpha value is -1.60. The summed E-state index contributed by atoms with van der Waals surface area (Å²) in [6.45, 7) is 3.44. The van der Waals surface area contributed by atoms with E-state index in [1.165, 1.54) is 24.3 Å². The summed E-state index contributed by atoms with van der Waals surface area (Å²) < 4.78 is 26.8. The maximum atomic E-state index is 12.3. The van der Waals surface area contributed by atoms with Crippen LogP contribution in [0.2, 0.25) is 10.0 Å². The van der Waals surface area contributed by atoms with E-state index < -0.39 is 15.9 Å². The molecule has 0 saturated heterocycles. The fourth-order valence-electron chi connectivity index (χ4n) is 2.01. The summed E-state index contributed by atoms with van der Waals surface area (Å²) in [5.74, 6) is -0.463. The molecule has 0 saturated carbocycles. The molecule has 0 aromatic heterocycles. The highest BCUT2D eigenvalue weighted by molar-refractivity contribution is 7.89. The molecule has 0 unspecified atom stereocenters. The SMILES string of the molecule is CC(C)NS(=O)(=O)c1cccc(C(=O)Nc2cc(Cl)cc(Cl)c2)c1. The van der Waals surface area contributed by atoms with E-state index in [0.717, 1.165) is 0 Å². The number of anilines is 1. The number of hydrogen-bond donors (Lipinski definition) is 2. The van der Waals surface area contributed by atoms with E-state index in [0.29, 0.717) is 15.7 Å². The van der Waals surface area contributed by atoms with Gasteiger partial charge in [-0.05, 0) is 50.2 Å². The van der Waals surface area contributed by atoms with Gasteiger partial charge in [-0.1, -0.05) is 29.3 Å². The standard InChI is InChI=1S/C16H16Cl2N2O3S/c1-10(2)20-24(22,23)15-5-3-4-11(6-15)16(21)19-14-8-12(17)7-13(18)9-14/h3-10,20H,1-2H3,(H,19,21). The van der Waals surface area contributed by atoms with Gasteiger partial charge in [-0.2, -0.15) is 0 Å². The number of halogens is 2. The predicted octanol–water partition coefficient (Wildman–Crippen LogP) is 3.93. The van der Waals surface area contributed by atoms with E-state index in [9.17, 15) is 13.2 Å². The molecule has 2 N–H and O–H groups in total. The third-order valence-electron chi connectivity index (χ3n) is 2.92. The van der Waals surface area contributed by atoms with Crippen molar-refractivity contribution in [2.75, 3.05) is 5.32 Å². The number of nitrogens with one attached hydrogen (secondary N) is 2. The molecule has 0 heterocycles. The molecule has 0 radical (unpaired) electrons. The molecule has 2 rings (SSSR count). The van der Waals surface area contributed by atoms with Crippen LogP contribution in [-0.4, -0.2) is 20.4 Å². The highest BCUT2D eigenvalue weighted by atomic mass is 35.5. The number of amides is 1. The Balaban J connectivity index is 2.26. The smallest absolute Gasteiger partial charge is 0.255 e. The minimum atomic E-state index is -3.67. The Kier molecular flexibility index (Phi) is 5.87. The molecule has 1 amide bonds. The van der Waals surface area contributed by atoms with Crippen molar-refractivity contribution in [2.24, 2.45) is 0 Å². The second-order valence-corrected chi connectivity index (χ2v) is 8.00. The molecule has 0 atom stereocenters. The zero-order valence-corrected chi connectivity index (χ0v) is 15.3. The number of rotatable bonds is 5. The van der Waals surface area contributed by atoms with Gasteiger partial charge in [0.25, 0.3) is 5.91 Å². The van der Waals surface area contributed by atoms with E-state index in [1.54, 1.807) is 32.0 Å². The van der Waals surface area contributed by atoms with Crippen LogP contribution >= 0.6 is 23.2 Å². The summed E-state index contributed by atoms with van der Waals surface area (Å²) in [7, 11) is -3.67. The zero-order chi connectivity index (χ0) is 17.9. The molecule has 0 fully saturated rings. The Bertz CT molecular complexity index is 847. The molecule has 128 valence electrons. The van der Waals surface area contributed by atoms with Crippen molar-refractivity contribution in [2.45, 2.75) is 24.8 Å². The lowest BCUT2D eigenvalue weighted by atomic mass is 10.2. The molecule has 2 aromatic carbocycles. The summed E-state index contributed by atoms with van der Waals surface area (Å²) >= 11 is 11.8. The molecule has 0 aliphatic rings. The van der Waals surface area contributed by atoms with Gasteiger partial charge >= 0.3 is 0 Å². The molecule has 2 aromatic rings. The van der Waals surface area contributed by atoms with E-state index in [2.05, 4.69) is 10.0 Å². The van der Waals surface area contributed by atoms with E-state index in [-0.39, 0.29) is 16.5 Å². The van der Waals surface area contributed by atoms with Crippen molar-refractivity contribution in [3.63, 3.8) is 0 Å². The molecular formula is C16H16Cl2N2O3S. The topological polar surface area (TPSA) is 75.3 Å². The van der Waals surface area contributed by atoms with Gasteiger partial charge in [-0.25, -0.2) is 13.1 Å². The maximum Gasteiger partial charge on any atom is 0.255 e. The number of carbonyl (C=O) groups excluding carboxylic acids is 1. The third kappa shape index (κ3) is 4.95. The van der Waals surface area contributed by atoms with Crippen LogP contribution in [0, 0.1) is 0 Å². The Morgan fingerprint density at radius 2 is 1.67 bits per heavy atom. The number of sulfonamides is 1. The van der Waals surface area contributed by atoms with E-state index in [4.69, 9.17) is 23.2 Å². The van der Waals surface area contributed by atoms with Crippen molar-refractivity contribution in [3.05, 3.63) is 58.1 Å². The maximum absolute atomic E-state index is 12.3. The van der Waals surface area contributed by atoms with Gasteiger partial charge in [0, 0.05) is 27.3 Å². The summed E-state index contributed by atoms with van der Waals surface area (Å²) in [5.41, 5.74) is 0.629. The molecule has 0 spiro atoms. The molecule has 0 bridgehead atoms. The van der Waals surface area contributed by atoms with Crippen LogP contribution in [0.1, 0.15) is 24.2 Å². The fourth-order valence-corrected chi connectivity index (χ4v) is 3.83. The quantitative estimate of drug-likeness (QED) is 0.816. The normalized spacial score (nSPS) is 11.5. The summed E-state index contributed by atoms with van der Waals surface area (Å²) in [6, 6.07) is 10.2.